The number of fused-ring (bicyclic) bond motifs is 3. The molecule has 1 saturated carbocycles. The number of ether oxygens (including phenoxy) is 3. The number of allylic oxidation sites excluding steroid dienone is 1. The molecule has 0 spiro atoms. The van der Waals surface area contributed by atoms with E-state index < -0.39 is 11.8 Å². The van der Waals surface area contributed by atoms with Crippen LogP contribution in [0.4, 0.5) is 0 Å². The number of likely N-dealkylation sites (N-methyl/N-ethyl adjacent to an activating group) is 1. The van der Waals surface area contributed by atoms with Gasteiger partial charge in [0.1, 0.15) is 29.9 Å². The molecule has 1 fully saturated rings. The first kappa shape index (κ1) is 49.0. The highest BCUT2D eigenvalue weighted by atomic mass is 16.7. The molecule has 0 saturated heterocycles. The van der Waals surface area contributed by atoms with Crippen LogP contribution >= 0.6 is 0 Å². The molecule has 9 nitrogen and oxygen atoms in total. The van der Waals surface area contributed by atoms with E-state index in [9.17, 15) is 15.0 Å². The molecular weight excluding hydrogens is 825 g/mol. The van der Waals surface area contributed by atoms with Crippen molar-refractivity contribution in [2.75, 3.05) is 26.9 Å². The van der Waals surface area contributed by atoms with Gasteiger partial charge in [-0.05, 0) is 96.2 Å². The molecule has 2 aliphatic carbocycles. The van der Waals surface area contributed by atoms with Crippen LogP contribution in [0.5, 0.6) is 17.2 Å². The highest BCUT2D eigenvalue weighted by Crippen LogP contribution is 2.62. The van der Waals surface area contributed by atoms with E-state index in [1.165, 1.54) is 38.5 Å². The Morgan fingerprint density at radius 1 is 0.818 bits per heavy atom. The summed E-state index contributed by atoms with van der Waals surface area (Å²) in [6.07, 6.45) is 20.4. The van der Waals surface area contributed by atoms with Crippen LogP contribution in [-0.2, 0) is 21.0 Å². The number of aliphatic hydroxyl groups excluding tert-OH is 2. The van der Waals surface area contributed by atoms with E-state index in [0.29, 0.717) is 43.8 Å². The fourth-order valence-electron chi connectivity index (χ4n) is 10.9. The molecule has 6 atom stereocenters. The second kappa shape index (κ2) is 24.7. The van der Waals surface area contributed by atoms with Crippen molar-refractivity contribution >= 4 is 22.4 Å². The van der Waals surface area contributed by atoms with Crippen LogP contribution in [0.2, 0.25) is 0 Å². The maximum atomic E-state index is 14.5. The van der Waals surface area contributed by atoms with Crippen LogP contribution < -0.4 is 9.47 Å². The van der Waals surface area contributed by atoms with Gasteiger partial charge in [-0.15, -0.1) is 6.58 Å². The minimum Gasteiger partial charge on any atom is -0.459 e. The molecule has 0 aromatic heterocycles. The number of hydrogen-bond acceptors (Lipinski definition) is 8. The average molecular weight is 899 g/mol. The van der Waals surface area contributed by atoms with Gasteiger partial charge in [0.15, 0.2) is 0 Å². The normalized spacial score (nSPS) is 22.5. The Kier molecular flexibility index (Phi) is 18.3. The van der Waals surface area contributed by atoms with Crippen LogP contribution in [0, 0.1) is 17.8 Å². The van der Waals surface area contributed by atoms with Crippen molar-refractivity contribution < 1.29 is 34.1 Å². The first-order valence-corrected chi connectivity index (χ1v) is 25.1. The van der Waals surface area contributed by atoms with Gasteiger partial charge in [-0.2, -0.15) is 0 Å². The van der Waals surface area contributed by atoms with Crippen molar-refractivity contribution in [2.24, 2.45) is 22.9 Å². The largest absolute Gasteiger partial charge is 0.459 e. The van der Waals surface area contributed by atoms with E-state index in [1.807, 2.05) is 72.6 Å². The summed E-state index contributed by atoms with van der Waals surface area (Å²) >= 11 is 0. The topological polar surface area (TPSA) is 110 Å². The van der Waals surface area contributed by atoms with Gasteiger partial charge in [0.2, 0.25) is 11.7 Å². The van der Waals surface area contributed by atoms with Crippen molar-refractivity contribution in [1.29, 1.82) is 0 Å². The summed E-state index contributed by atoms with van der Waals surface area (Å²) in [6, 6.07) is 30.1. The van der Waals surface area contributed by atoms with Gasteiger partial charge >= 0.3 is 0 Å². The lowest BCUT2D eigenvalue weighted by molar-refractivity contribution is -0.255. The summed E-state index contributed by atoms with van der Waals surface area (Å²) in [5, 5.41) is 27.2. The molecule has 4 aromatic carbocycles. The number of hydrogen-bond donors (Lipinski definition) is 2. The fourth-order valence-corrected chi connectivity index (χ4v) is 10.9. The van der Waals surface area contributed by atoms with Gasteiger partial charge in [-0.3, -0.25) is 4.79 Å². The first-order chi connectivity index (χ1) is 32.4. The van der Waals surface area contributed by atoms with Crippen molar-refractivity contribution in [3.63, 3.8) is 0 Å². The Labute approximate surface area is 393 Å². The second-order valence-corrected chi connectivity index (χ2v) is 18.7. The number of carbonyl (C=O) groups excluding carboxylic acids is 1. The zero-order valence-corrected chi connectivity index (χ0v) is 39.6. The van der Waals surface area contributed by atoms with Gasteiger partial charge in [0.25, 0.3) is 0 Å². The number of carbonyl (C=O) groups is 1. The lowest BCUT2D eigenvalue weighted by Crippen LogP contribution is -2.69. The minimum absolute atomic E-state index is 0.0590. The predicted molar refractivity (Wildman–Crippen MR) is 265 cm³/mol. The van der Waals surface area contributed by atoms with Crippen molar-refractivity contribution in [3.05, 3.63) is 126 Å². The molecule has 0 radical (unpaired) electrons. The third-order valence-electron chi connectivity index (χ3n) is 14.2. The predicted octanol–water partition coefficient (Wildman–Crippen LogP) is 12.8. The standard InChI is InChI=1S/C57H74N2O7/c1-4-6-7-8-9-10-11-12-16-29-54(62)59(3)53-40-51(58-64-41-42-23-14-13-15-24-42)49-38-45(27-19-21-34-60)48(28-20-22-35-61)55-50-39-47(65-46-31-30-43-25-17-18-26-44(43)37-46)32-33-52(50)66-57(53,56(49)55)63-36-5-2/h5,13-15,17-18,23-26,30-33,37-39,45,48,53,55-56,60-61H,2,4,6-12,16,19-22,27-29,34-36,40-41H2,1,3H3. The Hall–Kier alpha value is -4.96. The van der Waals surface area contributed by atoms with Gasteiger partial charge in [-0.25, -0.2) is 0 Å². The van der Waals surface area contributed by atoms with E-state index in [4.69, 9.17) is 24.2 Å². The minimum atomic E-state index is -1.29. The average Bonchev–Trinajstić information content (AvgIpc) is 3.34. The maximum absolute atomic E-state index is 14.5. The quantitative estimate of drug-likeness (QED) is 0.0348. The van der Waals surface area contributed by atoms with Crippen molar-refractivity contribution in [3.8, 4) is 17.2 Å². The number of oxime groups is 1. The fraction of sp³-hybridized carbons (Fsp3) is 0.509. The van der Waals surface area contributed by atoms with E-state index in [0.717, 1.165) is 83.9 Å². The SMILES string of the molecule is C=CCOC12Oc3ccc(Oc4ccc5ccccc5c4)cc3C3C(CCCCO)C(CCCCO)C=C(C(=NOCc4ccccc4)CC1N(C)C(=O)CCCCCCCCCCC)C32. The number of unbranched alkanes of at least 4 members (excludes halogenated alkanes) is 10. The number of benzene rings is 4. The van der Waals surface area contributed by atoms with Crippen LogP contribution in [0.3, 0.4) is 0 Å². The molecule has 1 heterocycles. The molecule has 354 valence electrons. The smallest absolute Gasteiger partial charge is 0.239 e. The molecule has 2 N–H and O–H groups in total. The molecule has 6 unspecified atom stereocenters. The lowest BCUT2D eigenvalue weighted by Gasteiger charge is -2.59. The Balaban J connectivity index is 1.30. The third kappa shape index (κ3) is 11.9. The summed E-state index contributed by atoms with van der Waals surface area (Å²) in [7, 11) is 1.91. The molecule has 9 heteroatoms. The molecular formula is C57H74N2O7. The lowest BCUT2D eigenvalue weighted by atomic mass is 9.55. The Morgan fingerprint density at radius 3 is 2.24 bits per heavy atom. The van der Waals surface area contributed by atoms with Crippen molar-refractivity contribution in [2.45, 2.75) is 140 Å². The third-order valence-corrected chi connectivity index (χ3v) is 14.2. The van der Waals surface area contributed by atoms with E-state index in [1.54, 1.807) is 6.08 Å². The Morgan fingerprint density at radius 2 is 1.50 bits per heavy atom. The number of nitrogens with zero attached hydrogens (tertiary/aromatic N) is 2. The van der Waals surface area contributed by atoms with E-state index >= 15 is 0 Å². The van der Waals surface area contributed by atoms with Gasteiger partial charge < -0.3 is 34.2 Å². The summed E-state index contributed by atoms with van der Waals surface area (Å²) < 4.78 is 21.2. The number of amides is 1. The van der Waals surface area contributed by atoms with Crippen LogP contribution in [0.15, 0.2) is 120 Å². The number of rotatable bonds is 27. The maximum Gasteiger partial charge on any atom is 0.239 e. The summed E-state index contributed by atoms with van der Waals surface area (Å²) in [4.78, 5) is 22.7. The number of aliphatic hydroxyl groups is 2. The monoisotopic (exact) mass is 899 g/mol. The summed E-state index contributed by atoms with van der Waals surface area (Å²) in [5.41, 5.74) is 3.85. The van der Waals surface area contributed by atoms with E-state index in [2.05, 4.69) is 49.9 Å². The second-order valence-electron chi connectivity index (χ2n) is 18.7. The zero-order valence-electron chi connectivity index (χ0n) is 39.6. The molecule has 7 rings (SSSR count). The summed E-state index contributed by atoms with van der Waals surface area (Å²) in [6.45, 7) is 7.11. The van der Waals surface area contributed by atoms with Crippen LogP contribution in [0.1, 0.15) is 133 Å². The van der Waals surface area contributed by atoms with Crippen LogP contribution in [0.25, 0.3) is 10.8 Å². The van der Waals surface area contributed by atoms with Gasteiger partial charge in [0, 0.05) is 44.6 Å². The van der Waals surface area contributed by atoms with Gasteiger partial charge in [0.05, 0.1) is 18.2 Å². The highest BCUT2D eigenvalue weighted by molar-refractivity contribution is 6.03. The molecule has 66 heavy (non-hydrogen) atoms. The highest BCUT2D eigenvalue weighted by Gasteiger charge is 2.65. The van der Waals surface area contributed by atoms with Crippen molar-refractivity contribution in [1.82, 2.24) is 4.90 Å². The van der Waals surface area contributed by atoms with Gasteiger partial charge in [-0.1, -0.05) is 149 Å². The molecule has 3 aliphatic rings. The molecule has 1 amide bonds. The zero-order chi connectivity index (χ0) is 46.1. The first-order valence-electron chi connectivity index (χ1n) is 25.1. The molecule has 4 aromatic rings. The summed E-state index contributed by atoms with van der Waals surface area (Å²) in [5.74, 6) is 0.649. The Bertz CT molecular complexity index is 2220. The molecule has 0 bridgehead atoms. The molecule has 1 aliphatic heterocycles. The van der Waals surface area contributed by atoms with Crippen LogP contribution in [-0.4, -0.2) is 65.4 Å². The van der Waals surface area contributed by atoms with E-state index in [-0.39, 0.29) is 49.4 Å².